The fourth-order valence-electron chi connectivity index (χ4n) is 5.54. The Labute approximate surface area is 187 Å². The molecule has 168 valence electrons. The van der Waals surface area contributed by atoms with Gasteiger partial charge in [-0.25, -0.2) is 4.39 Å². The molecule has 2 aromatic carbocycles. The molecular formula is C25H28FN3O3. The van der Waals surface area contributed by atoms with E-state index in [1.807, 2.05) is 41.3 Å². The molecule has 4 aliphatic rings. The van der Waals surface area contributed by atoms with Crippen molar-refractivity contribution in [2.45, 2.75) is 43.7 Å². The van der Waals surface area contributed by atoms with E-state index in [-0.39, 0.29) is 23.9 Å². The summed E-state index contributed by atoms with van der Waals surface area (Å²) in [6.45, 7) is 3.82. The van der Waals surface area contributed by atoms with Gasteiger partial charge in [-0.05, 0) is 43.2 Å². The van der Waals surface area contributed by atoms with Crippen LogP contribution >= 0.6 is 0 Å². The molecule has 2 atom stereocenters. The number of amides is 1. The third kappa shape index (κ3) is 3.22. The van der Waals surface area contributed by atoms with Crippen molar-refractivity contribution in [3.63, 3.8) is 0 Å². The maximum Gasteiger partial charge on any atom is 0.293 e. The Kier molecular flexibility index (Phi) is 4.93. The predicted octanol–water partition coefficient (Wildman–Crippen LogP) is 3.46. The summed E-state index contributed by atoms with van der Waals surface area (Å²) in [4.78, 5) is 20.1. The molecule has 2 saturated heterocycles. The van der Waals surface area contributed by atoms with Crippen molar-refractivity contribution in [2.24, 2.45) is 0 Å². The zero-order chi connectivity index (χ0) is 21.7. The number of piperazine rings is 1. The van der Waals surface area contributed by atoms with Crippen LogP contribution in [-0.2, 0) is 20.1 Å². The van der Waals surface area contributed by atoms with Crippen LogP contribution in [0.4, 0.5) is 15.8 Å². The minimum atomic E-state index is -1.29. The van der Waals surface area contributed by atoms with Gasteiger partial charge in [-0.3, -0.25) is 14.6 Å². The van der Waals surface area contributed by atoms with Gasteiger partial charge in [0.25, 0.3) is 11.7 Å². The van der Waals surface area contributed by atoms with Crippen molar-refractivity contribution in [3.05, 3.63) is 59.9 Å². The highest BCUT2D eigenvalue weighted by Crippen LogP contribution is 2.51. The van der Waals surface area contributed by atoms with E-state index >= 15 is 0 Å². The lowest BCUT2D eigenvalue weighted by Crippen LogP contribution is -2.52. The molecule has 1 spiro atoms. The van der Waals surface area contributed by atoms with Gasteiger partial charge in [0.15, 0.2) is 0 Å². The molecule has 3 heterocycles. The molecule has 3 aliphatic heterocycles. The van der Waals surface area contributed by atoms with Gasteiger partial charge in [-0.1, -0.05) is 31.0 Å². The summed E-state index contributed by atoms with van der Waals surface area (Å²) in [5.41, 5.74) is 2.75. The lowest BCUT2D eigenvalue weighted by atomic mass is 9.95. The lowest BCUT2D eigenvalue weighted by Gasteiger charge is -2.38. The molecule has 0 aromatic heterocycles. The molecule has 0 unspecified atom stereocenters. The number of carbonyl (C=O) groups excluding carboxylic acids is 1. The summed E-state index contributed by atoms with van der Waals surface area (Å²) in [7, 11) is 0. The number of nitrogens with zero attached hydrogens (tertiary/aromatic N) is 3. The molecule has 7 heteroatoms. The van der Waals surface area contributed by atoms with Crippen molar-refractivity contribution >= 4 is 17.3 Å². The number of carbonyl (C=O) groups is 1. The standard InChI is InChI=1S/C25H28FN3O3/c26-18-9-11-19(12-10-18)28-15-13-27(14-16-28)17-29-21-6-2-1-5-20(21)25(24(29)30)31-22-7-3-4-8-23(22)32-25/h1-2,5-6,9-12,22-23H,3-4,7-8,13-17H2/t22-,23-/m1/s1. The van der Waals surface area contributed by atoms with E-state index in [1.54, 1.807) is 0 Å². The summed E-state index contributed by atoms with van der Waals surface area (Å²) in [6, 6.07) is 14.5. The van der Waals surface area contributed by atoms with Crippen molar-refractivity contribution in [1.29, 1.82) is 0 Å². The second-order valence-corrected chi connectivity index (χ2v) is 9.19. The Morgan fingerprint density at radius 3 is 2.25 bits per heavy atom. The van der Waals surface area contributed by atoms with Gasteiger partial charge in [0.05, 0.1) is 24.6 Å². The van der Waals surface area contributed by atoms with Crippen molar-refractivity contribution in [1.82, 2.24) is 4.90 Å². The van der Waals surface area contributed by atoms with Crippen molar-refractivity contribution in [3.8, 4) is 0 Å². The highest BCUT2D eigenvalue weighted by molar-refractivity contribution is 6.06. The summed E-state index contributed by atoms with van der Waals surface area (Å²) < 4.78 is 26.0. The number of ether oxygens (including phenoxy) is 2. The van der Waals surface area contributed by atoms with Gasteiger partial charge in [0.1, 0.15) is 5.82 Å². The van der Waals surface area contributed by atoms with Crippen LogP contribution < -0.4 is 9.80 Å². The second-order valence-electron chi connectivity index (χ2n) is 9.19. The van der Waals surface area contributed by atoms with Gasteiger partial charge in [-0.2, -0.15) is 0 Å². The molecule has 3 fully saturated rings. The number of para-hydroxylation sites is 1. The average Bonchev–Trinajstić information content (AvgIpc) is 3.33. The molecule has 0 N–H and O–H groups in total. The lowest BCUT2D eigenvalue weighted by molar-refractivity contribution is -0.190. The van der Waals surface area contributed by atoms with E-state index in [0.29, 0.717) is 6.67 Å². The van der Waals surface area contributed by atoms with E-state index in [1.165, 1.54) is 12.1 Å². The molecule has 32 heavy (non-hydrogen) atoms. The number of rotatable bonds is 3. The number of anilines is 2. The zero-order valence-corrected chi connectivity index (χ0v) is 18.1. The van der Waals surface area contributed by atoms with Gasteiger partial charge >= 0.3 is 0 Å². The molecular weight excluding hydrogens is 409 g/mol. The predicted molar refractivity (Wildman–Crippen MR) is 119 cm³/mol. The van der Waals surface area contributed by atoms with Gasteiger partial charge < -0.3 is 14.4 Å². The first-order valence-electron chi connectivity index (χ1n) is 11.6. The van der Waals surface area contributed by atoms with Crippen LogP contribution in [0.3, 0.4) is 0 Å². The number of hydrogen-bond acceptors (Lipinski definition) is 5. The summed E-state index contributed by atoms with van der Waals surface area (Å²) in [6.07, 6.45) is 4.15. The third-order valence-corrected chi connectivity index (χ3v) is 7.26. The average molecular weight is 438 g/mol. The molecule has 0 radical (unpaired) electrons. The molecule has 1 aliphatic carbocycles. The Balaban J connectivity index is 1.19. The van der Waals surface area contributed by atoms with Crippen LogP contribution in [0.25, 0.3) is 0 Å². The Morgan fingerprint density at radius 1 is 0.906 bits per heavy atom. The third-order valence-electron chi connectivity index (χ3n) is 7.26. The van der Waals surface area contributed by atoms with Crippen LogP contribution in [0.5, 0.6) is 0 Å². The fraction of sp³-hybridized carbons (Fsp3) is 0.480. The van der Waals surface area contributed by atoms with Crippen LogP contribution in [0, 0.1) is 5.82 Å². The molecule has 6 rings (SSSR count). The molecule has 0 bridgehead atoms. The Hall–Kier alpha value is -2.48. The first-order chi connectivity index (χ1) is 15.6. The topological polar surface area (TPSA) is 45.3 Å². The Morgan fingerprint density at radius 2 is 1.56 bits per heavy atom. The van der Waals surface area contributed by atoms with Crippen LogP contribution in [0.1, 0.15) is 31.2 Å². The maximum atomic E-state index is 13.7. The highest BCUT2D eigenvalue weighted by atomic mass is 19.1. The number of fused-ring (bicyclic) bond motifs is 3. The van der Waals surface area contributed by atoms with E-state index in [4.69, 9.17) is 9.47 Å². The zero-order valence-electron chi connectivity index (χ0n) is 18.1. The number of hydrogen-bond donors (Lipinski definition) is 0. The monoisotopic (exact) mass is 437 g/mol. The van der Waals surface area contributed by atoms with Crippen molar-refractivity contribution < 1.29 is 18.7 Å². The minimum absolute atomic E-state index is 0.0000369. The van der Waals surface area contributed by atoms with Gasteiger partial charge in [0.2, 0.25) is 0 Å². The first-order valence-corrected chi connectivity index (χ1v) is 11.6. The molecule has 6 nitrogen and oxygen atoms in total. The Bertz CT molecular complexity index is 992. The van der Waals surface area contributed by atoms with E-state index in [9.17, 15) is 9.18 Å². The van der Waals surface area contributed by atoms with Gasteiger partial charge in [0, 0.05) is 37.4 Å². The second kappa shape index (κ2) is 7.83. The smallest absolute Gasteiger partial charge is 0.293 e. The molecule has 1 saturated carbocycles. The van der Waals surface area contributed by atoms with E-state index in [0.717, 1.165) is 68.8 Å². The number of halogens is 1. The summed E-state index contributed by atoms with van der Waals surface area (Å²) in [5.74, 6) is -1.61. The molecule has 1 amide bonds. The van der Waals surface area contributed by atoms with Crippen molar-refractivity contribution in [2.75, 3.05) is 42.6 Å². The SMILES string of the molecule is O=C1N(CN2CCN(c3ccc(F)cc3)CC2)c2ccccc2C12O[C@@H]1CCCC[C@H]1O2. The minimum Gasteiger partial charge on any atom is -0.369 e. The van der Waals surface area contributed by atoms with Gasteiger partial charge in [-0.15, -0.1) is 0 Å². The highest BCUT2D eigenvalue weighted by Gasteiger charge is 2.61. The van der Waals surface area contributed by atoms with E-state index < -0.39 is 5.79 Å². The summed E-state index contributed by atoms with van der Waals surface area (Å²) in [5, 5.41) is 0. The molecule has 2 aromatic rings. The van der Waals surface area contributed by atoms with Crippen LogP contribution in [0.15, 0.2) is 48.5 Å². The quantitative estimate of drug-likeness (QED) is 0.736. The maximum absolute atomic E-state index is 13.7. The largest absolute Gasteiger partial charge is 0.369 e. The first kappa shape index (κ1) is 20.1. The fourth-order valence-corrected chi connectivity index (χ4v) is 5.54. The van der Waals surface area contributed by atoms with Crippen LogP contribution in [0.2, 0.25) is 0 Å². The van der Waals surface area contributed by atoms with E-state index in [2.05, 4.69) is 9.80 Å². The normalized spacial score (nSPS) is 27.1. The summed E-state index contributed by atoms with van der Waals surface area (Å²) >= 11 is 0. The van der Waals surface area contributed by atoms with Crippen LogP contribution in [-0.4, -0.2) is 55.9 Å². The number of benzene rings is 2.